The highest BCUT2D eigenvalue weighted by atomic mass is 16.5. The van der Waals surface area contributed by atoms with E-state index in [2.05, 4.69) is 15.3 Å². The second-order valence-corrected chi connectivity index (χ2v) is 4.98. The van der Waals surface area contributed by atoms with E-state index in [1.54, 1.807) is 0 Å². The molecular formula is C14H17N3O3. The molecule has 2 unspecified atom stereocenters. The SMILES string of the molecule is O=C(CCc1nc2ccccc2[nH]1)NC1COCC1O. The summed E-state index contributed by atoms with van der Waals surface area (Å²) in [5.74, 6) is 0.699. The van der Waals surface area contributed by atoms with Crippen LogP contribution in [0.4, 0.5) is 0 Å². The Labute approximate surface area is 116 Å². The minimum atomic E-state index is -0.606. The number of amides is 1. The summed E-state index contributed by atoms with van der Waals surface area (Å²) >= 11 is 0. The smallest absolute Gasteiger partial charge is 0.220 e. The number of nitrogens with one attached hydrogen (secondary N) is 2. The molecule has 2 atom stereocenters. The fraction of sp³-hybridized carbons (Fsp3) is 0.429. The van der Waals surface area contributed by atoms with Gasteiger partial charge >= 0.3 is 0 Å². The lowest BCUT2D eigenvalue weighted by Gasteiger charge is -2.13. The summed E-state index contributed by atoms with van der Waals surface area (Å²) in [4.78, 5) is 19.4. The van der Waals surface area contributed by atoms with Crippen molar-refractivity contribution in [3.05, 3.63) is 30.1 Å². The van der Waals surface area contributed by atoms with E-state index in [0.29, 0.717) is 19.4 Å². The summed E-state index contributed by atoms with van der Waals surface area (Å²) in [6.07, 6.45) is 0.276. The molecule has 1 aliphatic rings. The van der Waals surface area contributed by atoms with E-state index in [0.717, 1.165) is 16.9 Å². The largest absolute Gasteiger partial charge is 0.388 e. The van der Waals surface area contributed by atoms with Crippen molar-refractivity contribution in [2.45, 2.75) is 25.0 Å². The molecule has 0 saturated carbocycles. The Morgan fingerprint density at radius 1 is 1.45 bits per heavy atom. The summed E-state index contributed by atoms with van der Waals surface area (Å²) in [6.45, 7) is 0.659. The minimum absolute atomic E-state index is 0.0972. The fourth-order valence-electron chi connectivity index (χ4n) is 2.32. The third-order valence-corrected chi connectivity index (χ3v) is 3.42. The zero-order chi connectivity index (χ0) is 13.9. The number of benzene rings is 1. The highest BCUT2D eigenvalue weighted by molar-refractivity contribution is 5.77. The van der Waals surface area contributed by atoms with Crippen LogP contribution in [-0.2, 0) is 16.0 Å². The molecule has 0 bridgehead atoms. The van der Waals surface area contributed by atoms with Crippen molar-refractivity contribution in [3.63, 3.8) is 0 Å². The molecule has 1 aromatic heterocycles. The number of hydrogen-bond donors (Lipinski definition) is 3. The highest BCUT2D eigenvalue weighted by Crippen LogP contribution is 2.11. The number of fused-ring (bicyclic) bond motifs is 1. The van der Waals surface area contributed by atoms with Crippen molar-refractivity contribution in [2.24, 2.45) is 0 Å². The average Bonchev–Trinajstić information content (AvgIpc) is 3.03. The Morgan fingerprint density at radius 3 is 3.05 bits per heavy atom. The molecule has 6 nitrogen and oxygen atoms in total. The molecule has 1 fully saturated rings. The predicted octanol–water partition coefficient (Wildman–Crippen LogP) is 0.371. The number of carbonyl (C=O) groups is 1. The first-order valence-corrected chi connectivity index (χ1v) is 6.71. The standard InChI is InChI=1S/C14H17N3O3/c18-12-8-20-7-11(12)17-14(19)6-5-13-15-9-3-1-2-4-10(9)16-13/h1-4,11-12,18H,5-8H2,(H,15,16)(H,17,19). The number of imidazole rings is 1. The number of hydrogen-bond acceptors (Lipinski definition) is 4. The van der Waals surface area contributed by atoms with Crippen molar-refractivity contribution in [1.29, 1.82) is 0 Å². The molecule has 0 radical (unpaired) electrons. The molecule has 1 aromatic carbocycles. The maximum Gasteiger partial charge on any atom is 0.220 e. The Balaban J connectivity index is 1.54. The van der Waals surface area contributed by atoms with E-state index >= 15 is 0 Å². The van der Waals surface area contributed by atoms with Gasteiger partial charge in [-0.2, -0.15) is 0 Å². The molecule has 2 heterocycles. The molecule has 1 saturated heterocycles. The topological polar surface area (TPSA) is 87.2 Å². The third kappa shape index (κ3) is 2.81. The number of rotatable bonds is 4. The van der Waals surface area contributed by atoms with Gasteiger partial charge in [0.1, 0.15) is 5.82 Å². The maximum absolute atomic E-state index is 11.8. The lowest BCUT2D eigenvalue weighted by molar-refractivity contribution is -0.122. The number of para-hydroxylation sites is 2. The van der Waals surface area contributed by atoms with Gasteiger partial charge in [-0.25, -0.2) is 4.98 Å². The number of aromatic nitrogens is 2. The number of nitrogens with zero attached hydrogens (tertiary/aromatic N) is 1. The van der Waals surface area contributed by atoms with Gasteiger partial charge in [-0.05, 0) is 12.1 Å². The molecule has 1 aliphatic heterocycles. The molecule has 0 spiro atoms. The number of ether oxygens (including phenoxy) is 1. The number of aromatic amines is 1. The summed E-state index contributed by atoms with van der Waals surface area (Å²) in [5, 5.41) is 12.3. The fourth-order valence-corrected chi connectivity index (χ4v) is 2.32. The van der Waals surface area contributed by atoms with Gasteiger partial charge in [0.2, 0.25) is 5.91 Å². The van der Waals surface area contributed by atoms with Crippen LogP contribution >= 0.6 is 0 Å². The van der Waals surface area contributed by atoms with Gasteiger partial charge in [0.25, 0.3) is 0 Å². The summed E-state index contributed by atoms with van der Waals surface area (Å²) < 4.78 is 5.09. The van der Waals surface area contributed by atoms with Crippen molar-refractivity contribution in [2.75, 3.05) is 13.2 Å². The average molecular weight is 275 g/mol. The van der Waals surface area contributed by atoms with E-state index in [1.165, 1.54) is 0 Å². The first-order valence-electron chi connectivity index (χ1n) is 6.71. The van der Waals surface area contributed by atoms with Crippen LogP contribution in [0.5, 0.6) is 0 Å². The third-order valence-electron chi connectivity index (χ3n) is 3.42. The number of carbonyl (C=O) groups excluding carboxylic acids is 1. The monoisotopic (exact) mass is 275 g/mol. The second kappa shape index (κ2) is 5.60. The first kappa shape index (κ1) is 13.1. The van der Waals surface area contributed by atoms with Gasteiger partial charge in [-0.3, -0.25) is 4.79 Å². The normalized spacial score (nSPS) is 22.2. The van der Waals surface area contributed by atoms with Crippen molar-refractivity contribution in [3.8, 4) is 0 Å². The van der Waals surface area contributed by atoms with Crippen LogP contribution < -0.4 is 5.32 Å². The van der Waals surface area contributed by atoms with Gasteiger partial charge in [-0.1, -0.05) is 12.1 Å². The minimum Gasteiger partial charge on any atom is -0.388 e. The van der Waals surface area contributed by atoms with Crippen LogP contribution in [0.1, 0.15) is 12.2 Å². The van der Waals surface area contributed by atoms with Crippen LogP contribution in [0, 0.1) is 0 Å². The van der Waals surface area contributed by atoms with Gasteiger partial charge in [0.15, 0.2) is 0 Å². The lowest BCUT2D eigenvalue weighted by atomic mass is 10.2. The molecule has 3 N–H and O–H groups in total. The van der Waals surface area contributed by atoms with Gasteiger partial charge < -0.3 is 20.1 Å². The van der Waals surface area contributed by atoms with Crippen LogP contribution in [0.3, 0.4) is 0 Å². The molecule has 3 rings (SSSR count). The number of aliphatic hydroxyl groups excluding tert-OH is 1. The van der Waals surface area contributed by atoms with Crippen LogP contribution in [0.2, 0.25) is 0 Å². The highest BCUT2D eigenvalue weighted by Gasteiger charge is 2.27. The van der Waals surface area contributed by atoms with E-state index in [1.807, 2.05) is 24.3 Å². The molecule has 106 valence electrons. The zero-order valence-electron chi connectivity index (χ0n) is 11.0. The van der Waals surface area contributed by atoms with Crippen molar-refractivity contribution >= 4 is 16.9 Å². The Bertz CT molecular complexity index is 577. The van der Waals surface area contributed by atoms with Gasteiger partial charge in [0.05, 0.1) is 36.4 Å². The molecule has 0 aliphatic carbocycles. The molecule has 20 heavy (non-hydrogen) atoms. The Kier molecular flexibility index (Phi) is 3.66. The maximum atomic E-state index is 11.8. The number of aryl methyl sites for hydroxylation is 1. The molecule has 6 heteroatoms. The van der Waals surface area contributed by atoms with Crippen molar-refractivity contribution < 1.29 is 14.6 Å². The van der Waals surface area contributed by atoms with E-state index < -0.39 is 6.10 Å². The van der Waals surface area contributed by atoms with Crippen molar-refractivity contribution in [1.82, 2.24) is 15.3 Å². The number of aliphatic hydroxyl groups is 1. The lowest BCUT2D eigenvalue weighted by Crippen LogP contribution is -2.42. The Morgan fingerprint density at radius 2 is 2.30 bits per heavy atom. The molecule has 2 aromatic rings. The summed E-state index contributed by atoms with van der Waals surface area (Å²) in [5.41, 5.74) is 1.88. The summed E-state index contributed by atoms with van der Waals surface area (Å²) in [6, 6.07) is 7.47. The Hall–Kier alpha value is -1.92. The number of H-pyrrole nitrogens is 1. The predicted molar refractivity (Wildman–Crippen MR) is 73.2 cm³/mol. The van der Waals surface area contributed by atoms with E-state index in [4.69, 9.17) is 4.74 Å². The van der Waals surface area contributed by atoms with Crippen LogP contribution in [0.15, 0.2) is 24.3 Å². The molecular weight excluding hydrogens is 258 g/mol. The van der Waals surface area contributed by atoms with Gasteiger partial charge in [-0.15, -0.1) is 0 Å². The summed E-state index contributed by atoms with van der Waals surface area (Å²) in [7, 11) is 0. The van der Waals surface area contributed by atoms with Gasteiger partial charge in [0, 0.05) is 12.8 Å². The quantitative estimate of drug-likeness (QED) is 0.752. The van der Waals surface area contributed by atoms with E-state index in [-0.39, 0.29) is 18.6 Å². The molecule has 1 amide bonds. The second-order valence-electron chi connectivity index (χ2n) is 4.98. The van der Waals surface area contributed by atoms with Crippen LogP contribution in [0.25, 0.3) is 11.0 Å². The first-order chi connectivity index (χ1) is 9.72. The van der Waals surface area contributed by atoms with Crippen LogP contribution in [-0.4, -0.2) is 46.3 Å². The van der Waals surface area contributed by atoms with E-state index in [9.17, 15) is 9.90 Å². The zero-order valence-corrected chi connectivity index (χ0v) is 11.0.